The number of hydrogen-bond donors (Lipinski definition) is 0. The normalized spacial score (nSPS) is 20.9. The van der Waals surface area contributed by atoms with Crippen LogP contribution in [0.3, 0.4) is 0 Å². The minimum Gasteiger partial charge on any atom is -0.333 e. The Kier molecular flexibility index (Phi) is 5.51. The van der Waals surface area contributed by atoms with E-state index in [9.17, 15) is 13.2 Å². The van der Waals surface area contributed by atoms with Gasteiger partial charge in [0.25, 0.3) is 0 Å². The van der Waals surface area contributed by atoms with Gasteiger partial charge in [-0.05, 0) is 30.5 Å². The molecule has 0 N–H and O–H groups in total. The molecule has 2 aliphatic rings. The number of piperazine rings is 1. The first-order valence-electron chi connectivity index (χ1n) is 9.91. The van der Waals surface area contributed by atoms with Gasteiger partial charge >= 0.3 is 0 Å². The maximum Gasteiger partial charge on any atom is 0.224 e. The van der Waals surface area contributed by atoms with Gasteiger partial charge in [0.05, 0.1) is 16.7 Å². The summed E-state index contributed by atoms with van der Waals surface area (Å²) in [5.74, 6) is -0.232. The summed E-state index contributed by atoms with van der Waals surface area (Å²) >= 11 is 0. The first-order chi connectivity index (χ1) is 13.5. The molecule has 0 bridgehead atoms. The van der Waals surface area contributed by atoms with E-state index in [0.717, 1.165) is 18.7 Å². The molecule has 1 unspecified atom stereocenters. The highest BCUT2D eigenvalue weighted by atomic mass is 32.2. The lowest BCUT2D eigenvalue weighted by Gasteiger charge is -2.42. The van der Waals surface area contributed by atoms with Crippen LogP contribution in [0.15, 0.2) is 65.6 Å². The van der Waals surface area contributed by atoms with Crippen LogP contribution < -0.4 is 0 Å². The highest BCUT2D eigenvalue weighted by Gasteiger charge is 2.37. The van der Waals surface area contributed by atoms with Crippen LogP contribution in [0.25, 0.3) is 0 Å². The predicted octanol–water partition coefficient (Wildman–Crippen LogP) is 2.90. The van der Waals surface area contributed by atoms with Crippen molar-refractivity contribution in [3.63, 3.8) is 0 Å². The van der Waals surface area contributed by atoms with Gasteiger partial charge in [-0.3, -0.25) is 9.69 Å². The summed E-state index contributed by atoms with van der Waals surface area (Å²) in [6.45, 7) is 2.34. The summed E-state index contributed by atoms with van der Waals surface area (Å²) in [4.78, 5) is 17.6. The second-order valence-corrected chi connectivity index (χ2v) is 9.73. The zero-order valence-corrected chi connectivity index (χ0v) is 16.7. The number of rotatable bonds is 6. The van der Waals surface area contributed by atoms with E-state index in [1.54, 1.807) is 30.3 Å². The maximum atomic E-state index is 13.0. The Hall–Kier alpha value is -2.18. The molecule has 6 heteroatoms. The quantitative estimate of drug-likeness (QED) is 0.751. The molecule has 0 aromatic heterocycles. The van der Waals surface area contributed by atoms with Crippen LogP contribution in [-0.2, 0) is 14.6 Å². The SMILES string of the molecule is O=C(CCS(=O)(=O)c1ccccc1)N1CCN(C2CC2)CC1c1ccccc1. The molecule has 1 aliphatic carbocycles. The van der Waals surface area contributed by atoms with Crippen LogP contribution in [0.5, 0.6) is 0 Å². The van der Waals surface area contributed by atoms with E-state index in [4.69, 9.17) is 0 Å². The molecule has 1 amide bonds. The summed E-state index contributed by atoms with van der Waals surface area (Å²) in [6.07, 6.45) is 2.50. The third-order valence-corrected chi connectivity index (χ3v) is 7.40. The van der Waals surface area contributed by atoms with Crippen molar-refractivity contribution in [2.75, 3.05) is 25.4 Å². The van der Waals surface area contributed by atoms with Crippen LogP contribution in [0.4, 0.5) is 0 Å². The van der Waals surface area contributed by atoms with Crippen molar-refractivity contribution in [3.05, 3.63) is 66.2 Å². The van der Waals surface area contributed by atoms with E-state index < -0.39 is 9.84 Å². The molecular weight excluding hydrogens is 372 g/mol. The second-order valence-electron chi connectivity index (χ2n) is 7.62. The third kappa shape index (κ3) is 4.28. The Bertz CT molecular complexity index is 911. The molecule has 0 spiro atoms. The Morgan fingerprint density at radius 2 is 1.57 bits per heavy atom. The fourth-order valence-corrected chi connectivity index (χ4v) is 5.20. The Balaban J connectivity index is 1.47. The number of carbonyl (C=O) groups excluding carboxylic acids is 1. The lowest BCUT2D eigenvalue weighted by Crippen LogP contribution is -2.51. The number of nitrogens with zero attached hydrogens (tertiary/aromatic N) is 2. The number of benzene rings is 2. The lowest BCUT2D eigenvalue weighted by molar-refractivity contribution is -0.136. The van der Waals surface area contributed by atoms with Crippen LogP contribution in [0.2, 0.25) is 0 Å². The van der Waals surface area contributed by atoms with Crippen molar-refractivity contribution in [2.45, 2.75) is 36.2 Å². The summed E-state index contributed by atoms with van der Waals surface area (Å²) in [7, 11) is -3.45. The summed E-state index contributed by atoms with van der Waals surface area (Å²) in [6, 6.07) is 19.1. The zero-order chi connectivity index (χ0) is 19.6. The molecule has 1 atom stereocenters. The second kappa shape index (κ2) is 8.05. The molecule has 4 rings (SSSR count). The van der Waals surface area contributed by atoms with Gasteiger partial charge in [0.2, 0.25) is 5.91 Å². The van der Waals surface area contributed by atoms with Crippen molar-refractivity contribution in [3.8, 4) is 0 Å². The fourth-order valence-electron chi connectivity index (χ4n) is 3.95. The Morgan fingerprint density at radius 3 is 2.21 bits per heavy atom. The van der Waals surface area contributed by atoms with Gasteiger partial charge in [0.1, 0.15) is 0 Å². The van der Waals surface area contributed by atoms with Gasteiger partial charge in [-0.15, -0.1) is 0 Å². The minimum atomic E-state index is -3.45. The van der Waals surface area contributed by atoms with Gasteiger partial charge < -0.3 is 4.90 Å². The van der Waals surface area contributed by atoms with Gasteiger partial charge in [-0.1, -0.05) is 48.5 Å². The van der Waals surface area contributed by atoms with E-state index in [0.29, 0.717) is 12.6 Å². The molecule has 5 nitrogen and oxygen atoms in total. The summed E-state index contributed by atoms with van der Waals surface area (Å²) in [5.41, 5.74) is 1.12. The van der Waals surface area contributed by atoms with E-state index >= 15 is 0 Å². The molecule has 2 fully saturated rings. The predicted molar refractivity (Wildman–Crippen MR) is 109 cm³/mol. The average Bonchev–Trinajstić information content (AvgIpc) is 3.58. The largest absolute Gasteiger partial charge is 0.333 e. The van der Waals surface area contributed by atoms with Gasteiger partial charge in [-0.25, -0.2) is 8.42 Å². The monoisotopic (exact) mass is 398 g/mol. The van der Waals surface area contributed by atoms with E-state index in [1.807, 2.05) is 23.1 Å². The molecule has 1 aliphatic heterocycles. The van der Waals surface area contributed by atoms with Crippen LogP contribution in [-0.4, -0.2) is 55.6 Å². The first-order valence-corrected chi connectivity index (χ1v) is 11.6. The zero-order valence-electron chi connectivity index (χ0n) is 15.9. The smallest absolute Gasteiger partial charge is 0.224 e. The van der Waals surface area contributed by atoms with E-state index in [1.165, 1.54) is 12.8 Å². The molecule has 0 radical (unpaired) electrons. The molecule has 1 saturated heterocycles. The van der Waals surface area contributed by atoms with Crippen molar-refractivity contribution in [1.82, 2.24) is 9.80 Å². The molecule has 1 saturated carbocycles. The van der Waals surface area contributed by atoms with Crippen LogP contribution in [0, 0.1) is 0 Å². The molecule has 1 heterocycles. The first kappa shape index (κ1) is 19.2. The van der Waals surface area contributed by atoms with Crippen LogP contribution in [0.1, 0.15) is 30.9 Å². The topological polar surface area (TPSA) is 57.7 Å². The van der Waals surface area contributed by atoms with Gasteiger partial charge in [-0.2, -0.15) is 0 Å². The molecule has 2 aromatic rings. The average molecular weight is 399 g/mol. The van der Waals surface area contributed by atoms with Crippen molar-refractivity contribution in [2.24, 2.45) is 0 Å². The summed E-state index contributed by atoms with van der Waals surface area (Å²) in [5, 5.41) is 0. The number of amides is 1. The standard InChI is InChI=1S/C22H26N2O3S/c25-22(13-16-28(26,27)20-9-5-2-6-10-20)24-15-14-23(19-11-12-19)17-21(24)18-7-3-1-4-8-18/h1-10,19,21H,11-17H2. The maximum absolute atomic E-state index is 13.0. The lowest BCUT2D eigenvalue weighted by atomic mass is 10.0. The summed E-state index contributed by atoms with van der Waals surface area (Å²) < 4.78 is 25.1. The van der Waals surface area contributed by atoms with Gasteiger partial charge in [0, 0.05) is 32.1 Å². The van der Waals surface area contributed by atoms with Crippen molar-refractivity contribution >= 4 is 15.7 Å². The molecule has 148 valence electrons. The van der Waals surface area contributed by atoms with Gasteiger partial charge in [0.15, 0.2) is 9.84 Å². The van der Waals surface area contributed by atoms with Crippen molar-refractivity contribution in [1.29, 1.82) is 0 Å². The highest BCUT2D eigenvalue weighted by Crippen LogP contribution is 2.33. The third-order valence-electron chi connectivity index (χ3n) is 5.67. The molecule has 2 aromatic carbocycles. The fraction of sp³-hybridized carbons (Fsp3) is 0.409. The van der Waals surface area contributed by atoms with Crippen molar-refractivity contribution < 1.29 is 13.2 Å². The Labute approximate surface area is 166 Å². The number of hydrogen-bond acceptors (Lipinski definition) is 4. The number of carbonyl (C=O) groups is 1. The van der Waals surface area contributed by atoms with Crippen LogP contribution >= 0.6 is 0 Å². The molecule has 28 heavy (non-hydrogen) atoms. The molecular formula is C22H26N2O3S. The highest BCUT2D eigenvalue weighted by molar-refractivity contribution is 7.91. The minimum absolute atomic E-state index is 0.0116. The van der Waals surface area contributed by atoms with E-state index in [-0.39, 0.29) is 29.0 Å². The van der Waals surface area contributed by atoms with E-state index in [2.05, 4.69) is 17.0 Å². The number of sulfone groups is 1. The Morgan fingerprint density at radius 1 is 0.929 bits per heavy atom.